The highest BCUT2D eigenvalue weighted by Gasteiger charge is 2.16. The summed E-state index contributed by atoms with van der Waals surface area (Å²) >= 11 is 3.32. The van der Waals surface area contributed by atoms with Gasteiger partial charge in [0, 0.05) is 35.0 Å². The van der Waals surface area contributed by atoms with Crippen LogP contribution in [-0.2, 0) is 13.2 Å². The molecule has 0 aliphatic carbocycles. The Morgan fingerprint density at radius 3 is 2.81 bits per heavy atom. The lowest BCUT2D eigenvalue weighted by atomic mass is 10.2. The van der Waals surface area contributed by atoms with Gasteiger partial charge in [-0.1, -0.05) is 6.07 Å². The molecule has 0 amide bonds. The summed E-state index contributed by atoms with van der Waals surface area (Å²) in [5, 5.41) is 14.1. The minimum Gasteiger partial charge on any atom is -0.482 e. The number of hydrogen-bond acceptors (Lipinski definition) is 5. The molecule has 0 bridgehead atoms. The Morgan fingerprint density at radius 2 is 2.14 bits per heavy atom. The number of ether oxygens (including phenoxy) is 1. The second-order valence-corrected chi connectivity index (χ2v) is 5.31. The van der Waals surface area contributed by atoms with Crippen LogP contribution in [0.15, 0.2) is 41.1 Å². The third-order valence-corrected chi connectivity index (χ3v) is 3.19. The molecule has 2 rings (SSSR count). The zero-order valence-electron chi connectivity index (χ0n) is 11.4. The Labute approximate surface area is 130 Å². The molecule has 6 nitrogen and oxygen atoms in total. The van der Waals surface area contributed by atoms with Gasteiger partial charge in [-0.3, -0.25) is 15.1 Å². The normalized spacial score (nSPS) is 10.4. The first-order valence-electron chi connectivity index (χ1n) is 6.24. The van der Waals surface area contributed by atoms with E-state index in [-0.39, 0.29) is 18.0 Å². The van der Waals surface area contributed by atoms with Crippen molar-refractivity contribution >= 4 is 21.6 Å². The standard InChI is InChI=1S/C14H14BrN3O3/c1-16-6-10-2-3-14(13(5-10)18(19)20)21-9-11-4-12(15)8-17-7-11/h2-5,7-8,16H,6,9H2,1H3. The molecule has 0 saturated carbocycles. The number of hydrogen-bond donors (Lipinski definition) is 1. The van der Waals surface area contributed by atoms with Crippen molar-refractivity contribution in [3.63, 3.8) is 0 Å². The smallest absolute Gasteiger partial charge is 0.311 e. The average molecular weight is 352 g/mol. The van der Waals surface area contributed by atoms with Crippen molar-refractivity contribution < 1.29 is 9.66 Å². The minimum absolute atomic E-state index is 0.0364. The Morgan fingerprint density at radius 1 is 1.33 bits per heavy atom. The summed E-state index contributed by atoms with van der Waals surface area (Å²) in [6.07, 6.45) is 3.32. The Balaban J connectivity index is 2.17. The fourth-order valence-electron chi connectivity index (χ4n) is 1.84. The molecule has 1 aromatic heterocycles. The lowest BCUT2D eigenvalue weighted by Gasteiger charge is -2.08. The lowest BCUT2D eigenvalue weighted by Crippen LogP contribution is -2.06. The number of nitro benzene ring substituents is 1. The molecule has 7 heteroatoms. The SMILES string of the molecule is CNCc1ccc(OCc2cncc(Br)c2)c([N+](=O)[O-])c1. The quantitative estimate of drug-likeness (QED) is 0.639. The van der Waals surface area contributed by atoms with Gasteiger partial charge < -0.3 is 10.1 Å². The number of halogens is 1. The third-order valence-electron chi connectivity index (χ3n) is 2.76. The van der Waals surface area contributed by atoms with Crippen molar-refractivity contribution in [1.82, 2.24) is 10.3 Å². The molecule has 1 heterocycles. The molecular weight excluding hydrogens is 338 g/mol. The fourth-order valence-corrected chi connectivity index (χ4v) is 2.25. The average Bonchev–Trinajstić information content (AvgIpc) is 2.46. The van der Waals surface area contributed by atoms with Crippen LogP contribution in [0.2, 0.25) is 0 Å². The highest BCUT2D eigenvalue weighted by atomic mass is 79.9. The van der Waals surface area contributed by atoms with E-state index in [9.17, 15) is 10.1 Å². The van der Waals surface area contributed by atoms with Gasteiger partial charge in [-0.25, -0.2) is 0 Å². The molecule has 0 aliphatic heterocycles. The largest absolute Gasteiger partial charge is 0.482 e. The van der Waals surface area contributed by atoms with E-state index in [1.165, 1.54) is 6.07 Å². The predicted molar refractivity (Wildman–Crippen MR) is 82.1 cm³/mol. The lowest BCUT2D eigenvalue weighted by molar-refractivity contribution is -0.386. The maximum Gasteiger partial charge on any atom is 0.311 e. The maximum atomic E-state index is 11.1. The Bertz CT molecular complexity index is 649. The monoisotopic (exact) mass is 351 g/mol. The summed E-state index contributed by atoms with van der Waals surface area (Å²) in [7, 11) is 1.79. The van der Waals surface area contributed by atoms with Crippen molar-refractivity contribution in [3.8, 4) is 5.75 Å². The van der Waals surface area contributed by atoms with Crippen LogP contribution >= 0.6 is 15.9 Å². The summed E-state index contributed by atoms with van der Waals surface area (Å²) in [5.74, 6) is 0.250. The van der Waals surface area contributed by atoms with Crippen LogP contribution < -0.4 is 10.1 Å². The number of nitro groups is 1. The number of aromatic nitrogens is 1. The van der Waals surface area contributed by atoms with Crippen LogP contribution in [0.3, 0.4) is 0 Å². The van der Waals surface area contributed by atoms with Gasteiger partial charge in [0.05, 0.1) is 4.92 Å². The van der Waals surface area contributed by atoms with Gasteiger partial charge in [0.25, 0.3) is 0 Å². The summed E-state index contributed by atoms with van der Waals surface area (Å²) < 4.78 is 6.39. The molecule has 0 saturated heterocycles. The summed E-state index contributed by atoms with van der Waals surface area (Å²) in [6.45, 7) is 0.787. The van der Waals surface area contributed by atoms with E-state index in [0.29, 0.717) is 6.54 Å². The molecular formula is C14H14BrN3O3. The number of rotatable bonds is 6. The second kappa shape index (κ2) is 7.14. The molecule has 1 N–H and O–H groups in total. The molecule has 2 aromatic rings. The second-order valence-electron chi connectivity index (χ2n) is 4.39. The third kappa shape index (κ3) is 4.24. The van der Waals surface area contributed by atoms with Crippen LogP contribution in [0.4, 0.5) is 5.69 Å². The summed E-state index contributed by atoms with van der Waals surface area (Å²) in [6, 6.07) is 6.80. The molecule has 0 atom stereocenters. The molecule has 0 aliphatic rings. The highest BCUT2D eigenvalue weighted by Crippen LogP contribution is 2.28. The van der Waals surface area contributed by atoms with E-state index in [2.05, 4.69) is 26.2 Å². The van der Waals surface area contributed by atoms with Crippen LogP contribution in [0.1, 0.15) is 11.1 Å². The van der Waals surface area contributed by atoms with Gasteiger partial charge in [0.15, 0.2) is 5.75 Å². The van der Waals surface area contributed by atoms with Gasteiger partial charge >= 0.3 is 5.69 Å². The van der Waals surface area contributed by atoms with Crippen LogP contribution in [0.25, 0.3) is 0 Å². The van der Waals surface area contributed by atoms with Crippen LogP contribution in [0.5, 0.6) is 5.75 Å². The zero-order valence-corrected chi connectivity index (χ0v) is 13.0. The van der Waals surface area contributed by atoms with Crippen molar-refractivity contribution in [2.45, 2.75) is 13.2 Å². The molecule has 0 unspecified atom stereocenters. The van der Waals surface area contributed by atoms with E-state index in [1.807, 2.05) is 6.07 Å². The Kier molecular flexibility index (Phi) is 5.24. The van der Waals surface area contributed by atoms with E-state index in [1.54, 1.807) is 31.6 Å². The summed E-state index contributed by atoms with van der Waals surface area (Å²) in [4.78, 5) is 14.7. The molecule has 0 spiro atoms. The molecule has 0 radical (unpaired) electrons. The topological polar surface area (TPSA) is 77.3 Å². The van der Waals surface area contributed by atoms with Crippen molar-refractivity contribution in [3.05, 3.63) is 62.4 Å². The molecule has 21 heavy (non-hydrogen) atoms. The van der Waals surface area contributed by atoms with Crippen molar-refractivity contribution in [2.75, 3.05) is 7.05 Å². The fraction of sp³-hybridized carbons (Fsp3) is 0.214. The number of benzene rings is 1. The minimum atomic E-state index is -0.437. The number of nitrogens with zero attached hydrogens (tertiary/aromatic N) is 2. The molecule has 0 fully saturated rings. The molecule has 1 aromatic carbocycles. The van der Waals surface area contributed by atoms with Gasteiger partial charge in [-0.15, -0.1) is 0 Å². The Hall–Kier alpha value is -1.99. The van der Waals surface area contributed by atoms with Crippen molar-refractivity contribution in [1.29, 1.82) is 0 Å². The van der Waals surface area contributed by atoms with Gasteiger partial charge in [0.1, 0.15) is 6.61 Å². The first-order valence-corrected chi connectivity index (χ1v) is 7.03. The van der Waals surface area contributed by atoms with E-state index in [0.717, 1.165) is 15.6 Å². The zero-order chi connectivity index (χ0) is 15.2. The van der Waals surface area contributed by atoms with E-state index in [4.69, 9.17) is 4.74 Å². The summed E-state index contributed by atoms with van der Waals surface area (Å²) in [5.41, 5.74) is 1.63. The van der Waals surface area contributed by atoms with Gasteiger partial charge in [-0.05, 0) is 40.7 Å². The van der Waals surface area contributed by atoms with Gasteiger partial charge in [-0.2, -0.15) is 0 Å². The van der Waals surface area contributed by atoms with Gasteiger partial charge in [0.2, 0.25) is 0 Å². The maximum absolute atomic E-state index is 11.1. The van der Waals surface area contributed by atoms with Crippen molar-refractivity contribution in [2.24, 2.45) is 0 Å². The first kappa shape index (κ1) is 15.4. The highest BCUT2D eigenvalue weighted by molar-refractivity contribution is 9.10. The number of pyridine rings is 1. The van der Waals surface area contributed by atoms with Crippen LogP contribution in [0, 0.1) is 10.1 Å². The predicted octanol–water partition coefficient (Wildman–Crippen LogP) is 3.05. The first-order chi connectivity index (χ1) is 10.1. The van der Waals surface area contributed by atoms with E-state index < -0.39 is 4.92 Å². The van der Waals surface area contributed by atoms with Crippen LogP contribution in [-0.4, -0.2) is 17.0 Å². The number of nitrogens with one attached hydrogen (secondary N) is 1. The molecule has 110 valence electrons. The van der Waals surface area contributed by atoms with E-state index >= 15 is 0 Å².